The Morgan fingerprint density at radius 1 is 1.22 bits per heavy atom. The molecule has 0 unspecified atom stereocenters. The van der Waals surface area contributed by atoms with Crippen molar-refractivity contribution in [1.82, 2.24) is 0 Å². The van der Waals surface area contributed by atoms with Crippen LogP contribution in [0.2, 0.25) is 0 Å². The number of esters is 1. The first kappa shape index (κ1) is 12.9. The highest BCUT2D eigenvalue weighted by atomic mass is 16.5. The molecule has 0 aromatic heterocycles. The van der Waals surface area contributed by atoms with Gasteiger partial charge in [-0.2, -0.15) is 0 Å². The zero-order valence-corrected chi connectivity index (χ0v) is 10.7. The zero-order valence-electron chi connectivity index (χ0n) is 10.7. The Morgan fingerprint density at radius 3 is 2.50 bits per heavy atom. The summed E-state index contributed by atoms with van der Waals surface area (Å²) < 4.78 is 5.57. The molecule has 18 heavy (non-hydrogen) atoms. The van der Waals surface area contributed by atoms with E-state index in [1.54, 1.807) is 18.2 Å². The van der Waals surface area contributed by atoms with Crippen molar-refractivity contribution in [2.24, 2.45) is 5.92 Å². The Bertz CT molecular complexity index is 391. The van der Waals surface area contributed by atoms with E-state index < -0.39 is 0 Å². The minimum Gasteiger partial charge on any atom is -0.454 e. The largest absolute Gasteiger partial charge is 0.454 e. The second-order valence-electron chi connectivity index (χ2n) is 4.87. The van der Waals surface area contributed by atoms with Crippen molar-refractivity contribution < 1.29 is 9.53 Å². The summed E-state index contributed by atoms with van der Waals surface area (Å²) in [6, 6.07) is 9.15. The highest BCUT2D eigenvalue weighted by Crippen LogP contribution is 2.28. The van der Waals surface area contributed by atoms with Crippen LogP contribution in [0.4, 0.5) is 0 Å². The van der Waals surface area contributed by atoms with Crippen molar-refractivity contribution in [3.8, 4) is 0 Å². The monoisotopic (exact) mass is 244 g/mol. The van der Waals surface area contributed by atoms with Gasteiger partial charge in [-0.1, -0.05) is 50.1 Å². The van der Waals surface area contributed by atoms with Gasteiger partial charge in [0.15, 0.2) is 0 Å². The molecule has 0 N–H and O–H groups in total. The molecule has 1 aliphatic carbocycles. The summed E-state index contributed by atoms with van der Waals surface area (Å²) in [6.45, 7) is 3.81. The van der Waals surface area contributed by atoms with Gasteiger partial charge in [0.05, 0.1) is 5.56 Å². The van der Waals surface area contributed by atoms with Crippen molar-refractivity contribution in [3.63, 3.8) is 0 Å². The first-order valence-electron chi connectivity index (χ1n) is 6.70. The fraction of sp³-hybridized carbons (Fsp3) is 0.438. The quantitative estimate of drug-likeness (QED) is 0.591. The minimum atomic E-state index is -0.244. The maximum atomic E-state index is 12.0. The van der Waals surface area contributed by atoms with E-state index >= 15 is 0 Å². The third-order valence-corrected chi connectivity index (χ3v) is 3.60. The second-order valence-corrected chi connectivity index (χ2v) is 4.87. The third-order valence-electron chi connectivity index (χ3n) is 3.60. The molecule has 0 spiro atoms. The van der Waals surface area contributed by atoms with Gasteiger partial charge in [0.1, 0.15) is 6.10 Å². The molecule has 0 bridgehead atoms. The molecule has 2 rings (SSSR count). The maximum Gasteiger partial charge on any atom is 0.338 e. The van der Waals surface area contributed by atoms with E-state index in [0.717, 1.165) is 12.8 Å². The topological polar surface area (TPSA) is 26.3 Å². The molecule has 1 aromatic carbocycles. The van der Waals surface area contributed by atoms with Gasteiger partial charge in [-0.05, 0) is 30.9 Å². The molecule has 1 fully saturated rings. The van der Waals surface area contributed by atoms with Gasteiger partial charge < -0.3 is 4.74 Å². The normalized spacial score (nSPS) is 18.0. The number of hydrogen-bond donors (Lipinski definition) is 0. The lowest BCUT2D eigenvalue weighted by molar-refractivity contribution is 0.0227. The highest BCUT2D eigenvalue weighted by Gasteiger charge is 2.24. The molecule has 2 heteroatoms. The SMILES string of the molecule is C=C[C@H](OC(=O)c1ccccc1)C1CCCCC1. The molecule has 1 aromatic rings. The third kappa shape index (κ3) is 3.22. The van der Waals surface area contributed by atoms with Crippen molar-refractivity contribution in [2.45, 2.75) is 38.2 Å². The van der Waals surface area contributed by atoms with Crippen LogP contribution >= 0.6 is 0 Å². The van der Waals surface area contributed by atoms with Gasteiger partial charge in [-0.15, -0.1) is 0 Å². The zero-order chi connectivity index (χ0) is 12.8. The van der Waals surface area contributed by atoms with E-state index in [1.807, 2.05) is 18.2 Å². The number of rotatable bonds is 4. The second kappa shape index (κ2) is 6.39. The average molecular weight is 244 g/mol. The summed E-state index contributed by atoms with van der Waals surface area (Å²) in [7, 11) is 0. The number of carbonyl (C=O) groups excluding carboxylic acids is 1. The van der Waals surface area contributed by atoms with Crippen molar-refractivity contribution in [1.29, 1.82) is 0 Å². The van der Waals surface area contributed by atoms with E-state index in [2.05, 4.69) is 6.58 Å². The van der Waals surface area contributed by atoms with Crippen LogP contribution in [0.25, 0.3) is 0 Å². The molecule has 0 radical (unpaired) electrons. The highest BCUT2D eigenvalue weighted by molar-refractivity contribution is 5.89. The summed E-state index contributed by atoms with van der Waals surface area (Å²) >= 11 is 0. The smallest absolute Gasteiger partial charge is 0.338 e. The van der Waals surface area contributed by atoms with Gasteiger partial charge in [0, 0.05) is 0 Å². The molecule has 1 aliphatic rings. The van der Waals surface area contributed by atoms with E-state index in [0.29, 0.717) is 11.5 Å². The first-order chi connectivity index (χ1) is 8.81. The molecular weight excluding hydrogens is 224 g/mol. The Hall–Kier alpha value is -1.57. The van der Waals surface area contributed by atoms with Crippen LogP contribution in [0.3, 0.4) is 0 Å². The summed E-state index contributed by atoms with van der Waals surface area (Å²) in [5.41, 5.74) is 0.611. The van der Waals surface area contributed by atoms with Crippen LogP contribution in [-0.2, 0) is 4.74 Å². The van der Waals surface area contributed by atoms with Gasteiger partial charge in [0.2, 0.25) is 0 Å². The molecule has 0 aliphatic heterocycles. The summed E-state index contributed by atoms with van der Waals surface area (Å²) in [4.78, 5) is 12.0. The Morgan fingerprint density at radius 2 is 1.89 bits per heavy atom. The van der Waals surface area contributed by atoms with E-state index in [-0.39, 0.29) is 12.1 Å². The number of carbonyl (C=O) groups is 1. The van der Waals surface area contributed by atoms with Crippen LogP contribution in [-0.4, -0.2) is 12.1 Å². The fourth-order valence-electron chi connectivity index (χ4n) is 2.57. The van der Waals surface area contributed by atoms with E-state index in [1.165, 1.54) is 19.3 Å². The van der Waals surface area contributed by atoms with Crippen molar-refractivity contribution in [3.05, 3.63) is 48.6 Å². The number of hydrogen-bond acceptors (Lipinski definition) is 2. The lowest BCUT2D eigenvalue weighted by Gasteiger charge is -2.27. The standard InChI is InChI=1S/C16H20O2/c1-2-15(13-9-5-3-6-10-13)18-16(17)14-11-7-4-8-12-14/h2,4,7-8,11-13,15H,1,3,5-6,9-10H2/t15-/m0/s1. The minimum absolute atomic E-state index is 0.141. The molecule has 96 valence electrons. The molecule has 1 saturated carbocycles. The average Bonchev–Trinajstić information content (AvgIpc) is 2.46. The number of ether oxygens (including phenoxy) is 1. The van der Waals surface area contributed by atoms with Crippen molar-refractivity contribution >= 4 is 5.97 Å². The molecule has 2 nitrogen and oxygen atoms in total. The van der Waals surface area contributed by atoms with E-state index in [4.69, 9.17) is 4.74 Å². The van der Waals surface area contributed by atoms with Gasteiger partial charge >= 0.3 is 5.97 Å². The number of benzene rings is 1. The van der Waals surface area contributed by atoms with Gasteiger partial charge in [-0.25, -0.2) is 4.79 Å². The molecule has 1 atom stereocenters. The molecule has 0 saturated heterocycles. The Balaban J connectivity index is 1.97. The lowest BCUT2D eigenvalue weighted by Crippen LogP contribution is -2.26. The van der Waals surface area contributed by atoms with Gasteiger partial charge in [0.25, 0.3) is 0 Å². The predicted molar refractivity (Wildman–Crippen MR) is 72.4 cm³/mol. The summed E-state index contributed by atoms with van der Waals surface area (Å²) in [5.74, 6) is 0.204. The van der Waals surface area contributed by atoms with Crippen LogP contribution < -0.4 is 0 Å². The Labute approximate surface area is 109 Å². The molecule has 0 amide bonds. The van der Waals surface area contributed by atoms with Crippen LogP contribution in [0.1, 0.15) is 42.5 Å². The fourth-order valence-corrected chi connectivity index (χ4v) is 2.57. The van der Waals surface area contributed by atoms with Crippen LogP contribution in [0.5, 0.6) is 0 Å². The first-order valence-corrected chi connectivity index (χ1v) is 6.70. The van der Waals surface area contributed by atoms with Crippen molar-refractivity contribution in [2.75, 3.05) is 0 Å². The lowest BCUT2D eigenvalue weighted by atomic mass is 9.85. The van der Waals surface area contributed by atoms with Gasteiger partial charge in [-0.3, -0.25) is 0 Å². The van der Waals surface area contributed by atoms with E-state index in [9.17, 15) is 4.79 Å². The predicted octanol–water partition coefficient (Wildman–Crippen LogP) is 3.98. The maximum absolute atomic E-state index is 12.0. The van der Waals surface area contributed by atoms with Crippen LogP contribution in [0, 0.1) is 5.92 Å². The van der Waals surface area contributed by atoms with Crippen LogP contribution in [0.15, 0.2) is 43.0 Å². The Kier molecular flexibility index (Phi) is 4.57. The summed E-state index contributed by atoms with van der Waals surface area (Å²) in [6.07, 6.45) is 7.68. The molecule has 0 heterocycles. The summed E-state index contributed by atoms with van der Waals surface area (Å²) in [5, 5.41) is 0. The molecular formula is C16H20O2.